The molecule has 2 N–H and O–H groups in total. The number of aliphatic hydroxyl groups is 1. The highest BCUT2D eigenvalue weighted by molar-refractivity contribution is 6.36. The summed E-state index contributed by atoms with van der Waals surface area (Å²) in [6, 6.07) is 7.57. The molecule has 2 unspecified atom stereocenters. The van der Waals surface area contributed by atoms with Gasteiger partial charge in [-0.25, -0.2) is 14.8 Å². The lowest BCUT2D eigenvalue weighted by atomic mass is 9.89. The molecule has 4 aromatic rings. The van der Waals surface area contributed by atoms with Crippen molar-refractivity contribution < 1.29 is 29.2 Å². The average molecular weight is 434 g/mol. The SMILES string of the molecule is COOCC1(O)CC2O[C@]1(C)n1c3ccccc3c3c4c(c5ncn2c5c31)C(=O)NC4=O. The van der Waals surface area contributed by atoms with Crippen LogP contribution >= 0.6 is 0 Å². The summed E-state index contributed by atoms with van der Waals surface area (Å²) in [5.74, 6) is -0.914. The molecule has 0 aliphatic carbocycles. The minimum absolute atomic E-state index is 0.123. The maximum Gasteiger partial charge on any atom is 0.261 e. The van der Waals surface area contributed by atoms with Crippen molar-refractivity contribution in [1.29, 1.82) is 0 Å². The molecule has 3 aliphatic heterocycles. The monoisotopic (exact) mass is 434 g/mol. The van der Waals surface area contributed by atoms with Crippen LogP contribution in [0, 0.1) is 0 Å². The number of benzene rings is 2. The van der Waals surface area contributed by atoms with Gasteiger partial charge in [-0.1, -0.05) is 18.2 Å². The van der Waals surface area contributed by atoms with Gasteiger partial charge in [0.05, 0.1) is 41.1 Å². The van der Waals surface area contributed by atoms with Crippen molar-refractivity contribution in [2.24, 2.45) is 0 Å². The van der Waals surface area contributed by atoms with E-state index in [9.17, 15) is 14.7 Å². The number of carbonyl (C=O) groups is 2. The van der Waals surface area contributed by atoms with Crippen LogP contribution in [0.25, 0.3) is 32.8 Å². The molecule has 2 aromatic carbocycles. The van der Waals surface area contributed by atoms with E-state index in [4.69, 9.17) is 14.5 Å². The van der Waals surface area contributed by atoms with E-state index in [1.807, 2.05) is 40.3 Å². The van der Waals surface area contributed by atoms with Gasteiger partial charge in [0, 0.05) is 17.2 Å². The lowest BCUT2D eigenvalue weighted by molar-refractivity contribution is -0.315. The van der Waals surface area contributed by atoms with Crippen LogP contribution in [0.15, 0.2) is 30.6 Å². The zero-order valence-corrected chi connectivity index (χ0v) is 17.2. The van der Waals surface area contributed by atoms with Crippen molar-refractivity contribution in [2.45, 2.75) is 30.9 Å². The Bertz CT molecular complexity index is 1540. The first-order chi connectivity index (χ1) is 15.4. The molecule has 2 aromatic heterocycles. The molecular weight excluding hydrogens is 416 g/mol. The first-order valence-corrected chi connectivity index (χ1v) is 10.3. The van der Waals surface area contributed by atoms with Crippen LogP contribution in [-0.2, 0) is 20.2 Å². The highest BCUT2D eigenvalue weighted by atomic mass is 17.2. The third-order valence-electron chi connectivity index (χ3n) is 7.20. The molecule has 3 aliphatic rings. The average Bonchev–Trinajstić information content (AvgIpc) is 3.46. The maximum absolute atomic E-state index is 12.9. The fraction of sp³-hybridized carbons (Fsp3) is 0.318. The van der Waals surface area contributed by atoms with Gasteiger partial charge >= 0.3 is 0 Å². The van der Waals surface area contributed by atoms with E-state index in [0.717, 1.165) is 10.9 Å². The standard InChI is InChI=1S/C22H18N4O6/c1-21-22(29,8-31-30-2)7-12(32-21)25-9-23-16-15-14(19(27)24-20(15)28)13-10-5-3-4-6-11(10)26(21)17(13)18(16)25/h3-6,9,12,29H,7-8H2,1-2H3,(H,24,27,28)/t12?,21-,22?/m0/s1. The van der Waals surface area contributed by atoms with E-state index in [-0.39, 0.29) is 18.6 Å². The fourth-order valence-electron chi connectivity index (χ4n) is 5.74. The van der Waals surface area contributed by atoms with Crippen molar-refractivity contribution >= 4 is 44.7 Å². The molecule has 10 heteroatoms. The predicted molar refractivity (Wildman–Crippen MR) is 111 cm³/mol. The van der Waals surface area contributed by atoms with Crippen molar-refractivity contribution in [1.82, 2.24) is 19.4 Å². The van der Waals surface area contributed by atoms with Gasteiger partial charge in [-0.3, -0.25) is 14.9 Å². The molecule has 0 spiro atoms. The van der Waals surface area contributed by atoms with Gasteiger partial charge < -0.3 is 19.0 Å². The van der Waals surface area contributed by atoms with E-state index in [1.54, 1.807) is 6.33 Å². The molecule has 10 nitrogen and oxygen atoms in total. The molecule has 0 radical (unpaired) electrons. The number of hydrogen-bond donors (Lipinski definition) is 2. The molecule has 32 heavy (non-hydrogen) atoms. The van der Waals surface area contributed by atoms with E-state index in [2.05, 4.69) is 10.3 Å². The minimum Gasteiger partial charge on any atom is -0.382 e. The quantitative estimate of drug-likeness (QED) is 0.288. The number of fused-ring (bicyclic) bond motifs is 10. The fourth-order valence-corrected chi connectivity index (χ4v) is 5.74. The Labute approximate surface area is 180 Å². The van der Waals surface area contributed by atoms with Crippen LogP contribution in [0.5, 0.6) is 0 Å². The van der Waals surface area contributed by atoms with E-state index >= 15 is 0 Å². The number of nitrogens with zero attached hydrogens (tertiary/aromatic N) is 3. The smallest absolute Gasteiger partial charge is 0.261 e. The van der Waals surface area contributed by atoms with Crippen molar-refractivity contribution in [3.8, 4) is 0 Å². The normalized spacial score (nSPS) is 28.3. The summed E-state index contributed by atoms with van der Waals surface area (Å²) in [5.41, 5.74) is 0.459. The van der Waals surface area contributed by atoms with Crippen LogP contribution in [0.1, 0.15) is 40.3 Å². The zero-order valence-electron chi connectivity index (χ0n) is 17.2. The first-order valence-electron chi connectivity index (χ1n) is 10.3. The zero-order chi connectivity index (χ0) is 22.0. The van der Waals surface area contributed by atoms with Gasteiger partial charge in [-0.2, -0.15) is 0 Å². The summed E-state index contributed by atoms with van der Waals surface area (Å²) in [6.45, 7) is 1.68. The number of hydrogen-bond acceptors (Lipinski definition) is 7. The summed E-state index contributed by atoms with van der Waals surface area (Å²) < 4.78 is 10.3. The summed E-state index contributed by atoms with van der Waals surface area (Å²) in [6.07, 6.45) is 1.26. The highest BCUT2D eigenvalue weighted by Gasteiger charge is 2.61. The van der Waals surface area contributed by atoms with Crippen LogP contribution in [-0.4, -0.2) is 50.4 Å². The largest absolute Gasteiger partial charge is 0.382 e. The Morgan fingerprint density at radius 2 is 2.03 bits per heavy atom. The molecular formula is C22H18N4O6. The first kappa shape index (κ1) is 18.3. The summed E-state index contributed by atoms with van der Waals surface area (Å²) >= 11 is 0. The number of para-hydroxylation sites is 1. The van der Waals surface area contributed by atoms with Gasteiger partial charge in [0.1, 0.15) is 24.0 Å². The third kappa shape index (κ3) is 1.81. The lowest BCUT2D eigenvalue weighted by Crippen LogP contribution is -2.53. The Morgan fingerprint density at radius 3 is 2.84 bits per heavy atom. The predicted octanol–water partition coefficient (Wildman–Crippen LogP) is 1.94. The van der Waals surface area contributed by atoms with Gasteiger partial charge in [0.25, 0.3) is 11.8 Å². The molecule has 1 fully saturated rings. The molecule has 5 heterocycles. The number of rotatable bonds is 3. The van der Waals surface area contributed by atoms with Crippen LogP contribution in [0.4, 0.5) is 0 Å². The number of ether oxygens (including phenoxy) is 1. The number of aromatic nitrogens is 3. The van der Waals surface area contributed by atoms with E-state index in [0.29, 0.717) is 27.5 Å². The second-order valence-corrected chi connectivity index (χ2v) is 8.68. The molecule has 2 bridgehead atoms. The summed E-state index contributed by atoms with van der Waals surface area (Å²) in [4.78, 5) is 40.2. The minimum atomic E-state index is -1.45. The van der Waals surface area contributed by atoms with Crippen LogP contribution < -0.4 is 5.32 Å². The Morgan fingerprint density at radius 1 is 1.25 bits per heavy atom. The van der Waals surface area contributed by atoms with Crippen LogP contribution in [0.2, 0.25) is 0 Å². The van der Waals surface area contributed by atoms with Gasteiger partial charge in [-0.15, -0.1) is 0 Å². The van der Waals surface area contributed by atoms with Gasteiger partial charge in [0.2, 0.25) is 0 Å². The van der Waals surface area contributed by atoms with Crippen molar-refractivity contribution in [3.05, 3.63) is 41.7 Å². The molecule has 7 rings (SSSR count). The maximum atomic E-state index is 12.9. The highest BCUT2D eigenvalue weighted by Crippen LogP contribution is 2.55. The Balaban J connectivity index is 1.75. The Kier molecular flexibility index (Phi) is 3.16. The van der Waals surface area contributed by atoms with Crippen LogP contribution in [0.3, 0.4) is 0 Å². The lowest BCUT2D eigenvalue weighted by Gasteiger charge is -2.39. The number of amides is 2. The molecule has 1 saturated heterocycles. The summed E-state index contributed by atoms with van der Waals surface area (Å²) in [7, 11) is 1.39. The van der Waals surface area contributed by atoms with E-state index < -0.39 is 29.4 Å². The van der Waals surface area contributed by atoms with Gasteiger partial charge in [-0.05, 0) is 13.0 Å². The third-order valence-corrected chi connectivity index (χ3v) is 7.20. The second kappa shape index (κ2) is 5.54. The topological polar surface area (TPSA) is 117 Å². The Hall–Kier alpha value is -3.31. The number of nitrogens with one attached hydrogen (secondary N) is 1. The molecule has 3 atom stereocenters. The molecule has 2 amide bonds. The van der Waals surface area contributed by atoms with Gasteiger partial charge in [0.15, 0.2) is 5.72 Å². The number of carbonyl (C=O) groups excluding carboxylic acids is 2. The van der Waals surface area contributed by atoms with E-state index in [1.165, 1.54) is 7.11 Å². The van der Waals surface area contributed by atoms with Crippen molar-refractivity contribution in [3.63, 3.8) is 0 Å². The molecule has 162 valence electrons. The number of imidazole rings is 1. The molecule has 0 saturated carbocycles. The number of imide groups is 1. The second-order valence-electron chi connectivity index (χ2n) is 8.68. The van der Waals surface area contributed by atoms with Crippen molar-refractivity contribution in [2.75, 3.05) is 13.7 Å². The summed E-state index contributed by atoms with van der Waals surface area (Å²) in [5, 5.41) is 15.6.